The lowest BCUT2D eigenvalue weighted by Crippen LogP contribution is -2.48. The third kappa shape index (κ3) is 3.96. The Balaban J connectivity index is 1.83. The summed E-state index contributed by atoms with van der Waals surface area (Å²) >= 11 is 0. The van der Waals surface area contributed by atoms with Crippen molar-refractivity contribution in [3.8, 4) is 0 Å². The molecule has 1 N–H and O–H groups in total. The molecule has 0 spiro atoms. The van der Waals surface area contributed by atoms with Crippen LogP contribution in [0.4, 0.5) is 0 Å². The van der Waals surface area contributed by atoms with Crippen LogP contribution < -0.4 is 0 Å². The lowest BCUT2D eigenvalue weighted by molar-refractivity contribution is -0.00887. The molecular weight excluding hydrogens is 248 g/mol. The first kappa shape index (κ1) is 16.3. The summed E-state index contributed by atoms with van der Waals surface area (Å²) in [6.07, 6.45) is 4.77. The summed E-state index contributed by atoms with van der Waals surface area (Å²) in [5.41, 5.74) is 0. The Kier molecular flexibility index (Phi) is 5.88. The molecule has 2 aliphatic rings. The average Bonchev–Trinajstić information content (AvgIpc) is 2.42. The SMILES string of the molecule is CCN1CCC(N(C)CC2C(C)CC(C)CC2O)CC1. The van der Waals surface area contributed by atoms with Crippen LogP contribution >= 0.6 is 0 Å². The van der Waals surface area contributed by atoms with Crippen LogP contribution in [0.2, 0.25) is 0 Å². The summed E-state index contributed by atoms with van der Waals surface area (Å²) in [6, 6.07) is 0.719. The van der Waals surface area contributed by atoms with Gasteiger partial charge in [-0.15, -0.1) is 0 Å². The van der Waals surface area contributed by atoms with Crippen molar-refractivity contribution in [3.63, 3.8) is 0 Å². The van der Waals surface area contributed by atoms with E-state index in [0.29, 0.717) is 17.8 Å². The molecular formula is C17H34N2O. The molecule has 1 saturated carbocycles. The molecule has 2 rings (SSSR count). The fraction of sp³-hybridized carbons (Fsp3) is 1.00. The van der Waals surface area contributed by atoms with Gasteiger partial charge in [0.25, 0.3) is 0 Å². The number of aliphatic hydroxyl groups excluding tert-OH is 1. The van der Waals surface area contributed by atoms with Gasteiger partial charge in [0.15, 0.2) is 0 Å². The summed E-state index contributed by atoms with van der Waals surface area (Å²) in [5.74, 6) is 1.82. The summed E-state index contributed by atoms with van der Waals surface area (Å²) < 4.78 is 0. The van der Waals surface area contributed by atoms with E-state index in [9.17, 15) is 5.11 Å². The lowest BCUT2D eigenvalue weighted by atomic mass is 9.73. The molecule has 3 heteroatoms. The number of hydrogen-bond acceptors (Lipinski definition) is 3. The number of likely N-dealkylation sites (tertiary alicyclic amines) is 1. The van der Waals surface area contributed by atoms with Crippen LogP contribution in [0.25, 0.3) is 0 Å². The van der Waals surface area contributed by atoms with Crippen LogP contribution in [-0.4, -0.2) is 60.3 Å². The topological polar surface area (TPSA) is 26.7 Å². The first-order valence-electron chi connectivity index (χ1n) is 8.61. The van der Waals surface area contributed by atoms with Gasteiger partial charge in [0.05, 0.1) is 6.10 Å². The molecule has 118 valence electrons. The van der Waals surface area contributed by atoms with E-state index in [0.717, 1.165) is 19.0 Å². The largest absolute Gasteiger partial charge is 0.393 e. The molecule has 1 heterocycles. The molecule has 1 aliphatic heterocycles. The van der Waals surface area contributed by atoms with Crippen molar-refractivity contribution in [2.24, 2.45) is 17.8 Å². The first-order chi connectivity index (χ1) is 9.51. The van der Waals surface area contributed by atoms with E-state index in [1.165, 1.54) is 38.9 Å². The maximum atomic E-state index is 10.4. The minimum Gasteiger partial charge on any atom is -0.393 e. The van der Waals surface area contributed by atoms with Crippen LogP contribution in [0.15, 0.2) is 0 Å². The molecule has 3 nitrogen and oxygen atoms in total. The first-order valence-corrected chi connectivity index (χ1v) is 8.61. The Morgan fingerprint density at radius 2 is 1.80 bits per heavy atom. The minimum atomic E-state index is -0.0908. The number of nitrogens with zero attached hydrogens (tertiary/aromatic N) is 2. The minimum absolute atomic E-state index is 0.0908. The highest BCUT2D eigenvalue weighted by atomic mass is 16.3. The Hall–Kier alpha value is -0.120. The molecule has 0 aromatic rings. The average molecular weight is 282 g/mol. The van der Waals surface area contributed by atoms with Gasteiger partial charge in [0, 0.05) is 18.5 Å². The van der Waals surface area contributed by atoms with Crippen LogP contribution in [0.1, 0.15) is 46.5 Å². The molecule has 20 heavy (non-hydrogen) atoms. The Morgan fingerprint density at radius 1 is 1.15 bits per heavy atom. The van der Waals surface area contributed by atoms with Gasteiger partial charge in [0.2, 0.25) is 0 Å². The molecule has 0 aromatic heterocycles. The third-order valence-electron chi connectivity index (χ3n) is 5.77. The van der Waals surface area contributed by atoms with Crippen molar-refractivity contribution in [1.29, 1.82) is 0 Å². The normalized spacial score (nSPS) is 37.5. The fourth-order valence-electron chi connectivity index (χ4n) is 4.33. The highest BCUT2D eigenvalue weighted by molar-refractivity contribution is 4.86. The number of aliphatic hydroxyl groups is 1. The quantitative estimate of drug-likeness (QED) is 0.858. The van der Waals surface area contributed by atoms with E-state index in [-0.39, 0.29) is 6.10 Å². The van der Waals surface area contributed by atoms with E-state index >= 15 is 0 Å². The second kappa shape index (κ2) is 7.24. The highest BCUT2D eigenvalue weighted by Crippen LogP contribution is 2.34. The van der Waals surface area contributed by atoms with E-state index < -0.39 is 0 Å². The van der Waals surface area contributed by atoms with Crippen LogP contribution in [0, 0.1) is 17.8 Å². The zero-order valence-corrected chi connectivity index (χ0v) is 13.9. The molecule has 4 unspecified atom stereocenters. The van der Waals surface area contributed by atoms with Crippen LogP contribution in [-0.2, 0) is 0 Å². The van der Waals surface area contributed by atoms with E-state index in [4.69, 9.17) is 0 Å². The zero-order chi connectivity index (χ0) is 14.7. The van der Waals surface area contributed by atoms with Crippen LogP contribution in [0.3, 0.4) is 0 Å². The summed E-state index contributed by atoms with van der Waals surface area (Å²) in [4.78, 5) is 5.08. The van der Waals surface area contributed by atoms with Gasteiger partial charge in [-0.1, -0.05) is 20.8 Å². The van der Waals surface area contributed by atoms with Crippen molar-refractivity contribution in [2.45, 2.75) is 58.6 Å². The molecule has 2 fully saturated rings. The maximum absolute atomic E-state index is 10.4. The van der Waals surface area contributed by atoms with Crippen LogP contribution in [0.5, 0.6) is 0 Å². The molecule has 4 atom stereocenters. The van der Waals surface area contributed by atoms with Gasteiger partial charge in [-0.25, -0.2) is 0 Å². The monoisotopic (exact) mass is 282 g/mol. The predicted octanol–water partition coefficient (Wildman–Crippen LogP) is 2.45. The predicted molar refractivity (Wildman–Crippen MR) is 84.8 cm³/mol. The third-order valence-corrected chi connectivity index (χ3v) is 5.77. The van der Waals surface area contributed by atoms with Gasteiger partial charge >= 0.3 is 0 Å². The molecule has 0 bridgehead atoms. The molecule has 1 saturated heterocycles. The van der Waals surface area contributed by atoms with Crippen molar-refractivity contribution in [3.05, 3.63) is 0 Å². The molecule has 1 aliphatic carbocycles. The van der Waals surface area contributed by atoms with E-state index in [1.807, 2.05) is 0 Å². The maximum Gasteiger partial charge on any atom is 0.0585 e. The van der Waals surface area contributed by atoms with E-state index in [2.05, 4.69) is 37.6 Å². The van der Waals surface area contributed by atoms with Crippen molar-refractivity contribution in [1.82, 2.24) is 9.80 Å². The van der Waals surface area contributed by atoms with Gasteiger partial charge in [-0.2, -0.15) is 0 Å². The summed E-state index contributed by atoms with van der Waals surface area (Å²) in [6.45, 7) is 11.6. The Morgan fingerprint density at radius 3 is 2.35 bits per heavy atom. The van der Waals surface area contributed by atoms with Crippen molar-refractivity contribution in [2.75, 3.05) is 33.2 Å². The van der Waals surface area contributed by atoms with Gasteiger partial charge in [-0.05, 0) is 64.2 Å². The smallest absolute Gasteiger partial charge is 0.0585 e. The molecule has 0 amide bonds. The number of hydrogen-bond donors (Lipinski definition) is 1. The number of rotatable bonds is 4. The van der Waals surface area contributed by atoms with Crippen molar-refractivity contribution < 1.29 is 5.11 Å². The molecule has 0 radical (unpaired) electrons. The summed E-state index contributed by atoms with van der Waals surface area (Å²) in [7, 11) is 2.27. The Bertz CT molecular complexity index is 277. The Labute approximate surface area is 125 Å². The van der Waals surface area contributed by atoms with Crippen molar-refractivity contribution >= 4 is 0 Å². The van der Waals surface area contributed by atoms with Gasteiger partial charge < -0.3 is 14.9 Å². The zero-order valence-electron chi connectivity index (χ0n) is 13.9. The number of piperidine rings is 1. The molecule has 0 aromatic carbocycles. The highest BCUT2D eigenvalue weighted by Gasteiger charge is 2.34. The summed E-state index contributed by atoms with van der Waals surface area (Å²) in [5, 5.41) is 10.4. The lowest BCUT2D eigenvalue weighted by Gasteiger charge is -2.42. The standard InChI is InChI=1S/C17H34N2O/c1-5-19-8-6-15(7-9-19)18(4)12-16-14(3)10-13(2)11-17(16)20/h13-17,20H,5-12H2,1-4H3. The van der Waals surface area contributed by atoms with E-state index in [1.54, 1.807) is 0 Å². The second-order valence-electron chi connectivity index (χ2n) is 7.39. The van der Waals surface area contributed by atoms with Gasteiger partial charge in [0.1, 0.15) is 0 Å². The second-order valence-corrected chi connectivity index (χ2v) is 7.39. The van der Waals surface area contributed by atoms with Gasteiger partial charge in [-0.3, -0.25) is 0 Å². The fourth-order valence-corrected chi connectivity index (χ4v) is 4.33.